The highest BCUT2D eigenvalue weighted by molar-refractivity contribution is 7.86. The van der Waals surface area contributed by atoms with Crippen molar-refractivity contribution >= 4 is 16.0 Å². The zero-order valence-corrected chi connectivity index (χ0v) is 12.9. The third-order valence-corrected chi connectivity index (χ3v) is 5.31. The maximum absolute atomic E-state index is 12.1. The standard InChI is InChI=1S/C15H21NO4S/c1-11-2-8-14(9-3-11)21(18,19)20-10-12-4-6-13(7-5-12)15(16)17/h2-3,8-9,12-13H,4-7,10H2,1H3,(H2,16,17). The summed E-state index contributed by atoms with van der Waals surface area (Å²) in [5, 5.41) is 0. The maximum atomic E-state index is 12.1. The fourth-order valence-corrected chi connectivity index (χ4v) is 3.55. The molecule has 0 saturated heterocycles. The molecule has 1 fully saturated rings. The molecule has 2 N–H and O–H groups in total. The van der Waals surface area contributed by atoms with Gasteiger partial charge in [0.05, 0.1) is 11.5 Å². The van der Waals surface area contributed by atoms with Crippen molar-refractivity contribution in [2.24, 2.45) is 17.6 Å². The number of carbonyl (C=O) groups excluding carboxylic acids is 1. The van der Waals surface area contributed by atoms with Gasteiger partial charge in [0, 0.05) is 5.92 Å². The maximum Gasteiger partial charge on any atom is 0.296 e. The van der Waals surface area contributed by atoms with Crippen LogP contribution < -0.4 is 5.73 Å². The lowest BCUT2D eigenvalue weighted by Gasteiger charge is -2.26. The van der Waals surface area contributed by atoms with E-state index < -0.39 is 10.1 Å². The van der Waals surface area contributed by atoms with Crippen LogP contribution in [0.2, 0.25) is 0 Å². The predicted octanol–water partition coefficient (Wildman–Crippen LogP) is 1.99. The highest BCUT2D eigenvalue weighted by Gasteiger charge is 2.26. The van der Waals surface area contributed by atoms with Gasteiger partial charge in [0.2, 0.25) is 5.91 Å². The summed E-state index contributed by atoms with van der Waals surface area (Å²) < 4.78 is 29.3. The van der Waals surface area contributed by atoms with Gasteiger partial charge in [-0.2, -0.15) is 8.42 Å². The molecule has 1 aliphatic rings. The van der Waals surface area contributed by atoms with Crippen molar-refractivity contribution < 1.29 is 17.4 Å². The van der Waals surface area contributed by atoms with Crippen molar-refractivity contribution in [1.29, 1.82) is 0 Å². The molecule has 116 valence electrons. The SMILES string of the molecule is Cc1ccc(S(=O)(=O)OCC2CCC(C(N)=O)CC2)cc1. The lowest BCUT2D eigenvalue weighted by molar-refractivity contribution is -0.123. The minimum absolute atomic E-state index is 0.0741. The molecule has 1 aliphatic carbocycles. The minimum Gasteiger partial charge on any atom is -0.369 e. The van der Waals surface area contributed by atoms with Crippen LogP contribution in [0.3, 0.4) is 0 Å². The molecule has 0 aromatic heterocycles. The fraction of sp³-hybridized carbons (Fsp3) is 0.533. The van der Waals surface area contributed by atoms with Gasteiger partial charge in [-0.15, -0.1) is 0 Å². The molecule has 1 amide bonds. The second-order valence-corrected chi connectivity index (χ2v) is 7.29. The molecule has 2 rings (SSSR count). The van der Waals surface area contributed by atoms with Crippen LogP contribution in [0.4, 0.5) is 0 Å². The summed E-state index contributed by atoms with van der Waals surface area (Å²) in [5.41, 5.74) is 6.28. The Labute approximate surface area is 125 Å². The Kier molecular flexibility index (Phi) is 5.00. The van der Waals surface area contributed by atoms with Crippen molar-refractivity contribution in [3.63, 3.8) is 0 Å². The Bertz CT molecular complexity index is 587. The normalized spacial score (nSPS) is 22.9. The van der Waals surface area contributed by atoms with E-state index in [0.717, 1.165) is 18.4 Å². The average molecular weight is 311 g/mol. The zero-order valence-electron chi connectivity index (χ0n) is 12.1. The van der Waals surface area contributed by atoms with E-state index in [0.29, 0.717) is 12.8 Å². The molecule has 0 heterocycles. The van der Waals surface area contributed by atoms with Gasteiger partial charge in [-0.05, 0) is 50.7 Å². The van der Waals surface area contributed by atoms with Gasteiger partial charge in [0.25, 0.3) is 10.1 Å². The Morgan fingerprint density at radius 1 is 1.19 bits per heavy atom. The van der Waals surface area contributed by atoms with Crippen molar-refractivity contribution in [2.45, 2.75) is 37.5 Å². The van der Waals surface area contributed by atoms with Crippen LogP contribution in [0.1, 0.15) is 31.2 Å². The Balaban J connectivity index is 1.88. The number of nitrogens with two attached hydrogens (primary N) is 1. The van der Waals surface area contributed by atoms with E-state index in [2.05, 4.69) is 0 Å². The zero-order chi connectivity index (χ0) is 15.5. The lowest BCUT2D eigenvalue weighted by Crippen LogP contribution is -2.29. The van der Waals surface area contributed by atoms with Crippen LogP contribution >= 0.6 is 0 Å². The number of carbonyl (C=O) groups is 1. The number of hydrogen-bond acceptors (Lipinski definition) is 4. The van der Waals surface area contributed by atoms with Crippen LogP contribution in [-0.2, 0) is 19.1 Å². The quantitative estimate of drug-likeness (QED) is 0.843. The van der Waals surface area contributed by atoms with Crippen LogP contribution in [0.25, 0.3) is 0 Å². The molecular formula is C15H21NO4S. The topological polar surface area (TPSA) is 86.5 Å². The molecule has 0 unspecified atom stereocenters. The van der Waals surface area contributed by atoms with Crippen LogP contribution in [0.15, 0.2) is 29.2 Å². The van der Waals surface area contributed by atoms with Gasteiger partial charge < -0.3 is 5.73 Å². The van der Waals surface area contributed by atoms with E-state index in [1.807, 2.05) is 6.92 Å². The highest BCUT2D eigenvalue weighted by Crippen LogP contribution is 2.29. The van der Waals surface area contributed by atoms with Crippen LogP contribution in [0.5, 0.6) is 0 Å². The predicted molar refractivity (Wildman–Crippen MR) is 79.0 cm³/mol. The fourth-order valence-electron chi connectivity index (χ4n) is 2.57. The summed E-state index contributed by atoms with van der Waals surface area (Å²) in [6, 6.07) is 6.59. The molecule has 0 radical (unpaired) electrons. The van der Waals surface area contributed by atoms with Crippen molar-refractivity contribution in [2.75, 3.05) is 6.61 Å². The number of hydrogen-bond donors (Lipinski definition) is 1. The number of primary amides is 1. The van der Waals surface area contributed by atoms with E-state index >= 15 is 0 Å². The van der Waals surface area contributed by atoms with E-state index in [4.69, 9.17) is 9.92 Å². The molecular weight excluding hydrogens is 290 g/mol. The smallest absolute Gasteiger partial charge is 0.296 e. The van der Waals surface area contributed by atoms with E-state index in [-0.39, 0.29) is 29.2 Å². The highest BCUT2D eigenvalue weighted by atomic mass is 32.2. The Morgan fingerprint density at radius 2 is 1.76 bits per heavy atom. The Morgan fingerprint density at radius 3 is 2.29 bits per heavy atom. The van der Waals surface area contributed by atoms with Gasteiger partial charge in [-0.1, -0.05) is 17.7 Å². The van der Waals surface area contributed by atoms with E-state index in [1.54, 1.807) is 24.3 Å². The number of rotatable bonds is 5. The summed E-state index contributed by atoms with van der Waals surface area (Å²) in [7, 11) is -3.70. The van der Waals surface area contributed by atoms with Gasteiger partial charge >= 0.3 is 0 Å². The number of aryl methyl sites for hydroxylation is 1. The summed E-state index contributed by atoms with van der Waals surface area (Å²) in [6.07, 6.45) is 2.98. The van der Waals surface area contributed by atoms with Gasteiger partial charge in [-0.25, -0.2) is 0 Å². The van der Waals surface area contributed by atoms with Crippen LogP contribution in [-0.4, -0.2) is 20.9 Å². The molecule has 1 aromatic carbocycles. The first-order valence-electron chi connectivity index (χ1n) is 7.14. The molecule has 21 heavy (non-hydrogen) atoms. The lowest BCUT2D eigenvalue weighted by atomic mass is 9.82. The molecule has 1 saturated carbocycles. The largest absolute Gasteiger partial charge is 0.369 e. The first-order valence-corrected chi connectivity index (χ1v) is 8.55. The summed E-state index contributed by atoms with van der Waals surface area (Å²) in [6.45, 7) is 2.07. The molecule has 5 nitrogen and oxygen atoms in total. The average Bonchev–Trinajstić information content (AvgIpc) is 2.46. The third kappa shape index (κ3) is 4.28. The summed E-state index contributed by atoms with van der Waals surface area (Å²) in [4.78, 5) is 11.3. The van der Waals surface area contributed by atoms with Crippen molar-refractivity contribution in [1.82, 2.24) is 0 Å². The van der Waals surface area contributed by atoms with Crippen molar-refractivity contribution in [3.8, 4) is 0 Å². The second kappa shape index (κ2) is 6.58. The molecule has 0 spiro atoms. The van der Waals surface area contributed by atoms with Gasteiger partial charge in [-0.3, -0.25) is 8.98 Å². The Hall–Kier alpha value is -1.40. The first-order chi connectivity index (χ1) is 9.88. The molecule has 1 aromatic rings. The summed E-state index contributed by atoms with van der Waals surface area (Å²) in [5.74, 6) is -0.169. The molecule has 0 atom stereocenters. The molecule has 6 heteroatoms. The van der Waals surface area contributed by atoms with Crippen molar-refractivity contribution in [3.05, 3.63) is 29.8 Å². The van der Waals surface area contributed by atoms with E-state index in [1.165, 1.54) is 0 Å². The monoisotopic (exact) mass is 311 g/mol. The minimum atomic E-state index is -3.70. The molecule has 0 aliphatic heterocycles. The van der Waals surface area contributed by atoms with E-state index in [9.17, 15) is 13.2 Å². The van der Waals surface area contributed by atoms with Gasteiger partial charge in [0.15, 0.2) is 0 Å². The number of benzene rings is 1. The van der Waals surface area contributed by atoms with Gasteiger partial charge in [0.1, 0.15) is 0 Å². The first kappa shape index (κ1) is 16.0. The molecule has 0 bridgehead atoms. The van der Waals surface area contributed by atoms with Crippen LogP contribution in [0, 0.1) is 18.8 Å². The third-order valence-electron chi connectivity index (χ3n) is 4.02. The second-order valence-electron chi connectivity index (χ2n) is 5.67. The summed E-state index contributed by atoms with van der Waals surface area (Å²) >= 11 is 0. The number of amides is 1.